The number of nitrogens with zero attached hydrogens (tertiary/aromatic N) is 2. The molecule has 1 heterocycles. The molecule has 0 saturated heterocycles. The molecule has 0 spiro atoms. The van der Waals surface area contributed by atoms with E-state index in [9.17, 15) is 13.6 Å². The van der Waals surface area contributed by atoms with E-state index in [-0.39, 0.29) is 11.6 Å². The van der Waals surface area contributed by atoms with Crippen LogP contribution < -0.4 is 5.32 Å². The maximum absolute atomic E-state index is 13.4. The first-order valence-corrected chi connectivity index (χ1v) is 7.01. The summed E-state index contributed by atoms with van der Waals surface area (Å²) < 4.78 is 26.7. The molecule has 0 bridgehead atoms. The maximum Gasteiger partial charge on any atom is 0.237 e. The maximum atomic E-state index is 13.4. The molecule has 8 heteroatoms. The zero-order valence-electron chi connectivity index (χ0n) is 9.76. The fraction of sp³-hybridized carbons (Fsp3) is 0.182. The van der Waals surface area contributed by atoms with Gasteiger partial charge >= 0.3 is 0 Å². The summed E-state index contributed by atoms with van der Waals surface area (Å²) >= 11 is 2.54. The Labute approximate surface area is 116 Å². The monoisotopic (exact) mass is 301 g/mol. The van der Waals surface area contributed by atoms with Gasteiger partial charge in [0.1, 0.15) is 17.1 Å². The molecule has 1 amide bonds. The minimum absolute atomic E-state index is 0.0453. The molecule has 1 N–H and O–H groups in total. The molecule has 100 valence electrons. The number of amides is 1. The van der Waals surface area contributed by atoms with E-state index in [1.807, 2.05) is 0 Å². The first kappa shape index (κ1) is 13.9. The zero-order valence-corrected chi connectivity index (χ0v) is 11.4. The van der Waals surface area contributed by atoms with Gasteiger partial charge in [-0.2, -0.15) is 0 Å². The van der Waals surface area contributed by atoms with Gasteiger partial charge in [0.2, 0.25) is 5.91 Å². The molecule has 2 rings (SSSR count). The van der Waals surface area contributed by atoms with E-state index in [4.69, 9.17) is 0 Å². The normalized spacial score (nSPS) is 12.2. The van der Waals surface area contributed by atoms with Crippen LogP contribution in [-0.4, -0.2) is 21.4 Å². The van der Waals surface area contributed by atoms with E-state index in [2.05, 4.69) is 15.5 Å². The Balaban J connectivity index is 2.00. The van der Waals surface area contributed by atoms with Crippen LogP contribution in [0.3, 0.4) is 0 Å². The largest absolute Gasteiger partial charge is 0.323 e. The molecule has 0 aliphatic heterocycles. The number of benzene rings is 1. The standard InChI is InChI=1S/C11H9F2N3OS2/c1-6(19-11-16-14-5-18-11)10(17)15-9-3-2-7(12)4-8(9)13/h2-6H,1H3,(H,15,17)/t6-/m1/s1. The molecule has 4 nitrogen and oxygen atoms in total. The van der Waals surface area contributed by atoms with Crippen molar-refractivity contribution in [3.8, 4) is 0 Å². The highest BCUT2D eigenvalue weighted by molar-refractivity contribution is 8.02. The van der Waals surface area contributed by atoms with E-state index < -0.39 is 16.9 Å². The Bertz CT molecular complexity index is 577. The van der Waals surface area contributed by atoms with E-state index in [1.54, 1.807) is 12.4 Å². The van der Waals surface area contributed by atoms with Crippen molar-refractivity contribution in [3.63, 3.8) is 0 Å². The van der Waals surface area contributed by atoms with Gasteiger partial charge in [-0.1, -0.05) is 23.1 Å². The highest BCUT2D eigenvalue weighted by atomic mass is 32.2. The van der Waals surface area contributed by atoms with Gasteiger partial charge in [-0.15, -0.1) is 10.2 Å². The van der Waals surface area contributed by atoms with Crippen LogP contribution in [0.1, 0.15) is 6.92 Å². The molecule has 0 fully saturated rings. The van der Waals surface area contributed by atoms with E-state index in [0.29, 0.717) is 4.34 Å². The molecule has 0 aliphatic rings. The molecule has 0 aliphatic carbocycles. The summed E-state index contributed by atoms with van der Waals surface area (Å²) in [5.74, 6) is -1.88. The summed E-state index contributed by atoms with van der Waals surface area (Å²) in [6.45, 7) is 1.67. The van der Waals surface area contributed by atoms with Crippen LogP contribution in [0, 0.1) is 11.6 Å². The quantitative estimate of drug-likeness (QED) is 0.882. The number of rotatable bonds is 4. The van der Waals surface area contributed by atoms with Gasteiger partial charge in [0, 0.05) is 6.07 Å². The molecule has 19 heavy (non-hydrogen) atoms. The molecular weight excluding hydrogens is 292 g/mol. The molecule has 1 atom stereocenters. The number of hydrogen-bond acceptors (Lipinski definition) is 5. The van der Waals surface area contributed by atoms with Gasteiger partial charge in [-0.05, 0) is 19.1 Å². The number of halogens is 2. The van der Waals surface area contributed by atoms with Gasteiger partial charge in [-0.25, -0.2) is 8.78 Å². The summed E-state index contributed by atoms with van der Waals surface area (Å²) in [5.41, 5.74) is 1.52. The van der Waals surface area contributed by atoms with Crippen molar-refractivity contribution in [2.24, 2.45) is 0 Å². The summed E-state index contributed by atoms with van der Waals surface area (Å²) in [4.78, 5) is 11.8. The molecule has 1 aromatic carbocycles. The van der Waals surface area contributed by atoms with Gasteiger partial charge in [0.25, 0.3) is 0 Å². The van der Waals surface area contributed by atoms with E-state index in [0.717, 1.165) is 12.1 Å². The van der Waals surface area contributed by atoms with Crippen LogP contribution in [-0.2, 0) is 4.79 Å². The second-order valence-corrected chi connectivity index (χ2v) is 6.00. The number of carbonyl (C=O) groups excluding carboxylic acids is 1. The second-order valence-electron chi connectivity index (χ2n) is 3.58. The third-order valence-corrected chi connectivity index (χ3v) is 4.09. The van der Waals surface area contributed by atoms with Gasteiger partial charge in [0.15, 0.2) is 4.34 Å². The minimum atomic E-state index is -0.804. The summed E-state index contributed by atoms with van der Waals surface area (Å²) in [6, 6.07) is 2.99. The van der Waals surface area contributed by atoms with E-state index in [1.165, 1.54) is 29.2 Å². The first-order chi connectivity index (χ1) is 9.06. The smallest absolute Gasteiger partial charge is 0.237 e. The molecule has 1 aromatic heterocycles. The Kier molecular flexibility index (Phi) is 4.43. The second kappa shape index (κ2) is 6.07. The number of hydrogen-bond donors (Lipinski definition) is 1. The highest BCUT2D eigenvalue weighted by Crippen LogP contribution is 2.25. The average Bonchev–Trinajstić information content (AvgIpc) is 2.85. The minimum Gasteiger partial charge on any atom is -0.323 e. The van der Waals surface area contributed by atoms with Crippen LogP contribution in [0.4, 0.5) is 14.5 Å². The van der Waals surface area contributed by atoms with Crippen molar-refractivity contribution < 1.29 is 13.6 Å². The lowest BCUT2D eigenvalue weighted by Crippen LogP contribution is -2.22. The predicted octanol–water partition coefficient (Wildman–Crippen LogP) is 2.94. The number of aromatic nitrogens is 2. The summed E-state index contributed by atoms with van der Waals surface area (Å²) in [7, 11) is 0. The van der Waals surface area contributed by atoms with Crippen molar-refractivity contribution >= 4 is 34.7 Å². The third-order valence-electron chi connectivity index (χ3n) is 2.18. The number of anilines is 1. The molecule has 0 unspecified atom stereocenters. The van der Waals surface area contributed by atoms with Crippen molar-refractivity contribution in [3.05, 3.63) is 35.3 Å². The molecule has 2 aromatic rings. The van der Waals surface area contributed by atoms with Crippen LogP contribution in [0.5, 0.6) is 0 Å². The fourth-order valence-corrected chi connectivity index (χ4v) is 2.87. The van der Waals surface area contributed by atoms with E-state index >= 15 is 0 Å². The highest BCUT2D eigenvalue weighted by Gasteiger charge is 2.17. The van der Waals surface area contributed by atoms with Gasteiger partial charge in [-0.3, -0.25) is 4.79 Å². The van der Waals surface area contributed by atoms with Crippen molar-refractivity contribution in [2.75, 3.05) is 5.32 Å². The van der Waals surface area contributed by atoms with Crippen molar-refractivity contribution in [1.82, 2.24) is 10.2 Å². The number of thioether (sulfide) groups is 1. The fourth-order valence-electron chi connectivity index (χ4n) is 1.24. The van der Waals surface area contributed by atoms with Crippen molar-refractivity contribution in [1.29, 1.82) is 0 Å². The topological polar surface area (TPSA) is 54.9 Å². The lowest BCUT2D eigenvalue weighted by atomic mass is 10.3. The Morgan fingerprint density at radius 3 is 2.89 bits per heavy atom. The van der Waals surface area contributed by atoms with Crippen LogP contribution in [0.25, 0.3) is 0 Å². The lowest BCUT2D eigenvalue weighted by molar-refractivity contribution is -0.115. The predicted molar refractivity (Wildman–Crippen MR) is 70.2 cm³/mol. The molecule has 0 saturated carbocycles. The lowest BCUT2D eigenvalue weighted by Gasteiger charge is -2.10. The number of nitrogens with one attached hydrogen (secondary N) is 1. The van der Waals surface area contributed by atoms with Gasteiger partial charge < -0.3 is 5.32 Å². The Morgan fingerprint density at radius 2 is 2.26 bits per heavy atom. The summed E-state index contributed by atoms with van der Waals surface area (Å²) in [5, 5.41) is 9.40. The van der Waals surface area contributed by atoms with Crippen LogP contribution in [0.15, 0.2) is 28.0 Å². The Morgan fingerprint density at radius 1 is 1.47 bits per heavy atom. The zero-order chi connectivity index (χ0) is 13.8. The summed E-state index contributed by atoms with van der Waals surface area (Å²) in [6.07, 6.45) is 0. The third kappa shape index (κ3) is 3.71. The van der Waals surface area contributed by atoms with Crippen LogP contribution >= 0.6 is 23.1 Å². The SMILES string of the molecule is C[C@@H](Sc1nncs1)C(=O)Nc1ccc(F)cc1F. The first-order valence-electron chi connectivity index (χ1n) is 5.25. The van der Waals surface area contributed by atoms with Gasteiger partial charge in [0.05, 0.1) is 10.9 Å². The Hall–Kier alpha value is -1.54. The molecule has 0 radical (unpaired) electrons. The number of carbonyl (C=O) groups is 1. The average molecular weight is 301 g/mol. The van der Waals surface area contributed by atoms with Crippen molar-refractivity contribution in [2.45, 2.75) is 16.5 Å². The molecular formula is C11H9F2N3OS2. The van der Waals surface area contributed by atoms with Crippen LogP contribution in [0.2, 0.25) is 0 Å².